The van der Waals surface area contributed by atoms with Gasteiger partial charge in [-0.15, -0.1) is 0 Å². The zero-order valence-corrected chi connectivity index (χ0v) is 21.0. The molecule has 4 aromatic rings. The fourth-order valence-electron chi connectivity index (χ4n) is 4.93. The molecule has 1 aromatic carbocycles. The van der Waals surface area contributed by atoms with Crippen molar-refractivity contribution in [3.63, 3.8) is 0 Å². The van der Waals surface area contributed by atoms with E-state index in [1.165, 1.54) is 5.56 Å². The van der Waals surface area contributed by atoms with Crippen molar-refractivity contribution >= 4 is 17.3 Å². The predicted octanol–water partition coefficient (Wildman–Crippen LogP) is 4.76. The van der Waals surface area contributed by atoms with Gasteiger partial charge in [0.15, 0.2) is 0 Å². The van der Waals surface area contributed by atoms with Crippen LogP contribution in [0.25, 0.3) is 0 Å². The molecule has 0 saturated carbocycles. The van der Waals surface area contributed by atoms with Gasteiger partial charge in [-0.05, 0) is 68.3 Å². The van der Waals surface area contributed by atoms with Crippen molar-refractivity contribution in [1.82, 2.24) is 14.5 Å². The summed E-state index contributed by atoms with van der Waals surface area (Å²) >= 11 is 0. The standard InChI is InChI=1S/C29H33N5O2/c1-22-20-26(23(2)34(22)21-25-6-5-19-36-25)29(35)31-27-7-3-4-8-28(27)33-17-15-32(16-18-33)14-11-24-9-12-30-13-10-24/h3-10,12-13,19-20H,11,14-18,21H2,1-2H3,(H,31,35). The Hall–Kier alpha value is -3.84. The van der Waals surface area contributed by atoms with E-state index in [0.717, 1.165) is 67.7 Å². The second-order valence-electron chi connectivity index (χ2n) is 9.36. The van der Waals surface area contributed by atoms with E-state index in [-0.39, 0.29) is 5.91 Å². The lowest BCUT2D eigenvalue weighted by Gasteiger charge is -2.37. The van der Waals surface area contributed by atoms with E-state index in [1.54, 1.807) is 6.26 Å². The van der Waals surface area contributed by atoms with E-state index in [2.05, 4.69) is 42.9 Å². The molecular weight excluding hydrogens is 450 g/mol. The van der Waals surface area contributed by atoms with Gasteiger partial charge in [0.2, 0.25) is 0 Å². The summed E-state index contributed by atoms with van der Waals surface area (Å²) in [5.74, 6) is 0.784. The number of para-hydroxylation sites is 2. The fraction of sp³-hybridized carbons (Fsp3) is 0.310. The summed E-state index contributed by atoms with van der Waals surface area (Å²) in [5, 5.41) is 3.19. The Kier molecular flexibility index (Phi) is 7.18. The Bertz CT molecular complexity index is 1290. The highest BCUT2D eigenvalue weighted by Gasteiger charge is 2.21. The number of furan rings is 1. The number of amides is 1. The van der Waals surface area contributed by atoms with Crippen molar-refractivity contribution in [3.05, 3.63) is 102 Å². The number of hydrogen-bond acceptors (Lipinski definition) is 5. The molecule has 0 aliphatic carbocycles. The van der Waals surface area contributed by atoms with E-state index in [1.807, 2.05) is 62.6 Å². The molecular formula is C29H33N5O2. The summed E-state index contributed by atoms with van der Waals surface area (Å²) in [6.45, 7) is 9.53. The third kappa shape index (κ3) is 5.36. The molecule has 0 bridgehead atoms. The van der Waals surface area contributed by atoms with Crippen LogP contribution in [0.3, 0.4) is 0 Å². The lowest BCUT2D eigenvalue weighted by molar-refractivity contribution is 0.102. The number of nitrogens with one attached hydrogen (secondary N) is 1. The van der Waals surface area contributed by atoms with Crippen molar-refractivity contribution < 1.29 is 9.21 Å². The maximum absolute atomic E-state index is 13.3. The Morgan fingerprint density at radius 3 is 2.53 bits per heavy atom. The number of anilines is 2. The van der Waals surface area contributed by atoms with Crippen LogP contribution in [0.5, 0.6) is 0 Å². The SMILES string of the molecule is Cc1cc(C(=O)Nc2ccccc2N2CCN(CCc3ccncc3)CC2)c(C)n1Cc1ccco1. The number of nitrogens with zero attached hydrogens (tertiary/aromatic N) is 4. The molecule has 1 amide bonds. The number of carbonyl (C=O) groups is 1. The second-order valence-corrected chi connectivity index (χ2v) is 9.36. The monoisotopic (exact) mass is 483 g/mol. The maximum atomic E-state index is 13.3. The number of rotatable bonds is 8. The van der Waals surface area contributed by atoms with Crippen molar-refractivity contribution in [2.75, 3.05) is 42.9 Å². The van der Waals surface area contributed by atoms with Crippen LogP contribution in [-0.2, 0) is 13.0 Å². The first-order valence-electron chi connectivity index (χ1n) is 12.5. The number of carbonyl (C=O) groups excluding carboxylic acids is 1. The lowest BCUT2D eigenvalue weighted by Crippen LogP contribution is -2.47. The minimum atomic E-state index is -0.0859. The van der Waals surface area contributed by atoms with Crippen molar-refractivity contribution in [1.29, 1.82) is 0 Å². The highest BCUT2D eigenvalue weighted by Crippen LogP contribution is 2.28. The number of aromatic nitrogens is 2. The van der Waals surface area contributed by atoms with Crippen molar-refractivity contribution in [2.45, 2.75) is 26.8 Å². The van der Waals surface area contributed by atoms with Crippen LogP contribution >= 0.6 is 0 Å². The molecule has 1 fully saturated rings. The molecule has 1 saturated heterocycles. The summed E-state index contributed by atoms with van der Waals surface area (Å²) in [6, 6.07) is 18.1. The maximum Gasteiger partial charge on any atom is 0.257 e. The molecule has 0 atom stereocenters. The van der Waals surface area contributed by atoms with Crippen molar-refractivity contribution in [2.24, 2.45) is 0 Å². The Balaban J connectivity index is 1.23. The molecule has 0 unspecified atom stereocenters. The first kappa shape index (κ1) is 23.9. The zero-order chi connectivity index (χ0) is 24.9. The molecule has 5 rings (SSSR count). The Morgan fingerprint density at radius 2 is 1.78 bits per heavy atom. The quantitative estimate of drug-likeness (QED) is 0.392. The van der Waals surface area contributed by atoms with Gasteiger partial charge in [-0.2, -0.15) is 0 Å². The molecule has 1 aliphatic rings. The Labute approximate surface area is 212 Å². The Morgan fingerprint density at radius 1 is 1.00 bits per heavy atom. The minimum Gasteiger partial charge on any atom is -0.467 e. The molecule has 1 aliphatic heterocycles. The number of hydrogen-bond donors (Lipinski definition) is 1. The van der Waals surface area contributed by atoms with Gasteiger partial charge in [-0.3, -0.25) is 14.7 Å². The summed E-state index contributed by atoms with van der Waals surface area (Å²) in [7, 11) is 0. The normalized spacial score (nSPS) is 14.2. The summed E-state index contributed by atoms with van der Waals surface area (Å²) in [6.07, 6.45) is 6.42. The number of piperazine rings is 1. The fourth-order valence-corrected chi connectivity index (χ4v) is 4.93. The lowest BCUT2D eigenvalue weighted by atomic mass is 10.1. The van der Waals surface area contributed by atoms with Crippen LogP contribution in [0.1, 0.15) is 33.1 Å². The topological polar surface area (TPSA) is 66.5 Å². The number of benzene rings is 1. The minimum absolute atomic E-state index is 0.0859. The van der Waals surface area contributed by atoms with Crippen LogP contribution in [0.4, 0.5) is 11.4 Å². The van der Waals surface area contributed by atoms with E-state index >= 15 is 0 Å². The van der Waals surface area contributed by atoms with E-state index in [0.29, 0.717) is 12.1 Å². The average Bonchev–Trinajstić information content (AvgIpc) is 3.53. The smallest absolute Gasteiger partial charge is 0.257 e. The largest absolute Gasteiger partial charge is 0.467 e. The van der Waals surface area contributed by atoms with E-state index in [9.17, 15) is 4.79 Å². The summed E-state index contributed by atoms with van der Waals surface area (Å²) in [5.41, 5.74) is 5.90. The number of aryl methyl sites for hydroxylation is 1. The predicted molar refractivity (Wildman–Crippen MR) is 143 cm³/mol. The summed E-state index contributed by atoms with van der Waals surface area (Å²) < 4.78 is 7.62. The zero-order valence-electron chi connectivity index (χ0n) is 21.0. The van der Waals surface area contributed by atoms with Gasteiger partial charge in [0.05, 0.1) is 29.7 Å². The van der Waals surface area contributed by atoms with Crippen LogP contribution in [0.15, 0.2) is 77.7 Å². The van der Waals surface area contributed by atoms with Crippen molar-refractivity contribution in [3.8, 4) is 0 Å². The van der Waals surface area contributed by atoms with Gasteiger partial charge < -0.3 is 19.2 Å². The van der Waals surface area contributed by atoms with Crippen LogP contribution < -0.4 is 10.2 Å². The molecule has 4 heterocycles. The molecule has 0 spiro atoms. The van der Waals surface area contributed by atoms with Crippen LogP contribution in [0, 0.1) is 13.8 Å². The van der Waals surface area contributed by atoms with Gasteiger partial charge >= 0.3 is 0 Å². The van der Waals surface area contributed by atoms with Gasteiger partial charge in [-0.25, -0.2) is 0 Å². The summed E-state index contributed by atoms with van der Waals surface area (Å²) in [4.78, 5) is 22.3. The highest BCUT2D eigenvalue weighted by atomic mass is 16.3. The molecule has 186 valence electrons. The van der Waals surface area contributed by atoms with Gasteiger partial charge in [0.1, 0.15) is 5.76 Å². The average molecular weight is 484 g/mol. The van der Waals surface area contributed by atoms with Gasteiger partial charge in [-0.1, -0.05) is 12.1 Å². The third-order valence-corrected chi connectivity index (χ3v) is 7.04. The molecule has 1 N–H and O–H groups in total. The van der Waals surface area contributed by atoms with Gasteiger partial charge in [0, 0.05) is 56.5 Å². The number of pyridine rings is 1. The molecule has 7 nitrogen and oxygen atoms in total. The first-order chi connectivity index (χ1) is 17.6. The molecule has 7 heteroatoms. The molecule has 36 heavy (non-hydrogen) atoms. The highest BCUT2D eigenvalue weighted by molar-refractivity contribution is 6.07. The second kappa shape index (κ2) is 10.8. The van der Waals surface area contributed by atoms with Crippen LogP contribution in [-0.4, -0.2) is 53.1 Å². The third-order valence-electron chi connectivity index (χ3n) is 7.04. The molecule has 0 radical (unpaired) electrons. The van der Waals surface area contributed by atoms with E-state index < -0.39 is 0 Å². The molecule has 3 aromatic heterocycles. The first-order valence-corrected chi connectivity index (χ1v) is 12.5. The van der Waals surface area contributed by atoms with Crippen LogP contribution in [0.2, 0.25) is 0 Å². The van der Waals surface area contributed by atoms with E-state index in [4.69, 9.17) is 4.42 Å². The van der Waals surface area contributed by atoms with Gasteiger partial charge in [0.25, 0.3) is 5.91 Å².